The Bertz CT molecular complexity index is 175. The summed E-state index contributed by atoms with van der Waals surface area (Å²) in [4.78, 5) is 5.42. The fourth-order valence-corrected chi connectivity index (χ4v) is 2.64. The van der Waals surface area contributed by atoms with Crippen molar-refractivity contribution >= 4 is 0 Å². The van der Waals surface area contributed by atoms with E-state index in [2.05, 4.69) is 30.8 Å². The zero-order chi connectivity index (χ0) is 15.1. The third kappa shape index (κ3) is 9.70. The average Bonchev–Trinajstić information content (AvgIpc) is 2.48. The Morgan fingerprint density at radius 2 is 1.20 bits per heavy atom. The predicted octanol–water partition coefficient (Wildman–Crippen LogP) is 5.82. The van der Waals surface area contributed by atoms with Crippen molar-refractivity contribution in [3.63, 3.8) is 0 Å². The second kappa shape index (κ2) is 13.8. The number of rotatable bonds is 15. The van der Waals surface area contributed by atoms with Crippen LogP contribution in [-0.2, 0) is 15.0 Å². The van der Waals surface area contributed by atoms with Crippen molar-refractivity contribution in [2.24, 2.45) is 0 Å². The van der Waals surface area contributed by atoms with Gasteiger partial charge < -0.3 is 0 Å². The molecule has 0 aliphatic rings. The number of hydrogen-bond donors (Lipinski definition) is 1. The highest BCUT2D eigenvalue weighted by Gasteiger charge is 2.31. The fourth-order valence-electron chi connectivity index (χ4n) is 2.64. The summed E-state index contributed by atoms with van der Waals surface area (Å²) >= 11 is 0. The van der Waals surface area contributed by atoms with E-state index < -0.39 is 0 Å². The van der Waals surface area contributed by atoms with Crippen LogP contribution in [-0.4, -0.2) is 10.9 Å². The van der Waals surface area contributed by atoms with E-state index >= 15 is 0 Å². The van der Waals surface area contributed by atoms with Crippen LogP contribution in [0, 0.1) is 0 Å². The highest BCUT2D eigenvalue weighted by molar-refractivity contribution is 4.79. The maximum Gasteiger partial charge on any atom is 0.107 e. The van der Waals surface area contributed by atoms with Gasteiger partial charge in [0.2, 0.25) is 0 Å². The third-order valence-electron chi connectivity index (χ3n) is 3.95. The molecule has 1 N–H and O–H groups in total. The Morgan fingerprint density at radius 3 is 1.70 bits per heavy atom. The molecular formula is C16H34O4. The van der Waals surface area contributed by atoms with E-state index in [0.717, 1.165) is 51.4 Å². The lowest BCUT2D eigenvalue weighted by Gasteiger charge is -2.31. The molecule has 0 aliphatic carbocycles. The molecule has 0 rings (SSSR count). The van der Waals surface area contributed by atoms with Crippen LogP contribution < -0.4 is 0 Å². The SMILES string of the molecule is CCCCCCCC(CCCC)(CCCC)OOOO. The molecule has 0 spiro atoms. The van der Waals surface area contributed by atoms with Crippen LogP contribution in [0.1, 0.15) is 97.8 Å². The van der Waals surface area contributed by atoms with Gasteiger partial charge in [-0.15, -0.1) is 0 Å². The predicted molar refractivity (Wildman–Crippen MR) is 81.0 cm³/mol. The Hall–Kier alpha value is -0.160. The first kappa shape index (κ1) is 19.8. The first-order chi connectivity index (χ1) is 9.74. The van der Waals surface area contributed by atoms with E-state index in [1.807, 2.05) is 0 Å². The van der Waals surface area contributed by atoms with Crippen molar-refractivity contribution in [1.82, 2.24) is 0 Å². The van der Waals surface area contributed by atoms with Crippen molar-refractivity contribution in [3.8, 4) is 0 Å². The van der Waals surface area contributed by atoms with Crippen LogP contribution >= 0.6 is 0 Å². The molecule has 0 bridgehead atoms. The summed E-state index contributed by atoms with van der Waals surface area (Å²) in [5.41, 5.74) is -0.305. The molecule has 0 saturated heterocycles. The molecule has 4 nitrogen and oxygen atoms in total. The Labute approximate surface area is 124 Å². The van der Waals surface area contributed by atoms with E-state index in [1.54, 1.807) is 0 Å². The highest BCUT2D eigenvalue weighted by Crippen LogP contribution is 2.32. The highest BCUT2D eigenvalue weighted by atomic mass is 17.6. The summed E-state index contributed by atoms with van der Waals surface area (Å²) in [5, 5.41) is 16.5. The lowest BCUT2D eigenvalue weighted by Crippen LogP contribution is -2.33. The summed E-state index contributed by atoms with van der Waals surface area (Å²) in [6.07, 6.45) is 13.6. The normalized spacial score (nSPS) is 12.0. The summed E-state index contributed by atoms with van der Waals surface area (Å²) in [6, 6.07) is 0. The topological polar surface area (TPSA) is 47.9 Å². The quantitative estimate of drug-likeness (QED) is 0.234. The molecular weight excluding hydrogens is 256 g/mol. The Balaban J connectivity index is 4.34. The first-order valence-electron chi connectivity index (χ1n) is 8.40. The van der Waals surface area contributed by atoms with Crippen molar-refractivity contribution < 1.29 is 20.2 Å². The fraction of sp³-hybridized carbons (Fsp3) is 1.00. The van der Waals surface area contributed by atoms with Crippen LogP contribution in [0.15, 0.2) is 0 Å². The summed E-state index contributed by atoms with van der Waals surface area (Å²) in [7, 11) is 0. The van der Waals surface area contributed by atoms with Gasteiger partial charge >= 0.3 is 0 Å². The molecule has 0 aromatic heterocycles. The molecule has 0 unspecified atom stereocenters. The van der Waals surface area contributed by atoms with Crippen molar-refractivity contribution in [2.45, 2.75) is 103 Å². The van der Waals surface area contributed by atoms with Crippen molar-refractivity contribution in [3.05, 3.63) is 0 Å². The monoisotopic (exact) mass is 290 g/mol. The lowest BCUT2D eigenvalue weighted by atomic mass is 9.86. The number of hydrogen-bond acceptors (Lipinski definition) is 4. The van der Waals surface area contributed by atoms with E-state index in [4.69, 9.17) is 10.1 Å². The Kier molecular flexibility index (Phi) is 13.7. The van der Waals surface area contributed by atoms with Gasteiger partial charge in [0.15, 0.2) is 0 Å². The minimum Gasteiger partial charge on any atom is -0.219 e. The smallest absolute Gasteiger partial charge is 0.107 e. The molecule has 20 heavy (non-hydrogen) atoms. The van der Waals surface area contributed by atoms with Crippen LogP contribution in [0.5, 0.6) is 0 Å². The molecule has 122 valence electrons. The zero-order valence-corrected chi connectivity index (χ0v) is 13.7. The van der Waals surface area contributed by atoms with Gasteiger partial charge in [-0.3, -0.25) is 0 Å². The van der Waals surface area contributed by atoms with Crippen molar-refractivity contribution in [1.29, 1.82) is 0 Å². The molecule has 0 aromatic carbocycles. The van der Waals surface area contributed by atoms with Crippen LogP contribution in [0.25, 0.3) is 0 Å². The Morgan fingerprint density at radius 1 is 0.700 bits per heavy atom. The van der Waals surface area contributed by atoms with Gasteiger partial charge in [0.1, 0.15) is 5.60 Å². The molecule has 0 aromatic rings. The summed E-state index contributed by atoms with van der Waals surface area (Å²) < 4.78 is 0. The zero-order valence-electron chi connectivity index (χ0n) is 13.7. The maximum atomic E-state index is 8.37. The minimum atomic E-state index is -0.305. The van der Waals surface area contributed by atoms with Gasteiger partial charge in [0.05, 0.1) is 0 Å². The molecule has 0 aliphatic heterocycles. The second-order valence-corrected chi connectivity index (χ2v) is 5.78. The van der Waals surface area contributed by atoms with E-state index in [1.165, 1.54) is 25.7 Å². The largest absolute Gasteiger partial charge is 0.219 e. The van der Waals surface area contributed by atoms with E-state index in [0.29, 0.717) is 0 Å². The summed E-state index contributed by atoms with van der Waals surface area (Å²) in [6.45, 7) is 6.58. The van der Waals surface area contributed by atoms with Crippen LogP contribution in [0.4, 0.5) is 0 Å². The van der Waals surface area contributed by atoms with Crippen LogP contribution in [0.2, 0.25) is 0 Å². The van der Waals surface area contributed by atoms with Gasteiger partial charge in [0, 0.05) is 0 Å². The molecule has 4 heteroatoms. The molecule has 0 heterocycles. The van der Waals surface area contributed by atoms with Crippen LogP contribution in [0.3, 0.4) is 0 Å². The molecule has 0 saturated carbocycles. The third-order valence-corrected chi connectivity index (χ3v) is 3.95. The van der Waals surface area contributed by atoms with E-state index in [9.17, 15) is 0 Å². The maximum absolute atomic E-state index is 8.37. The first-order valence-corrected chi connectivity index (χ1v) is 8.40. The second-order valence-electron chi connectivity index (χ2n) is 5.78. The van der Waals surface area contributed by atoms with Gasteiger partial charge in [-0.25, -0.2) is 5.26 Å². The number of unbranched alkanes of at least 4 members (excludes halogenated alkanes) is 6. The van der Waals surface area contributed by atoms with Crippen molar-refractivity contribution in [2.75, 3.05) is 0 Å². The van der Waals surface area contributed by atoms with E-state index in [-0.39, 0.29) is 5.60 Å². The molecule has 0 fully saturated rings. The lowest BCUT2D eigenvalue weighted by molar-refractivity contribution is -0.643. The van der Waals surface area contributed by atoms with Gasteiger partial charge in [-0.05, 0) is 29.3 Å². The molecule has 0 amide bonds. The average molecular weight is 290 g/mol. The standard InChI is InChI=1S/C16H34O4/c1-4-7-10-11-12-15-16(13-8-5-2,14-9-6-3)18-20-19-17/h17H,4-15H2,1-3H3. The summed E-state index contributed by atoms with van der Waals surface area (Å²) in [5.74, 6) is 0. The van der Waals surface area contributed by atoms with Gasteiger partial charge in [-0.1, -0.05) is 78.6 Å². The molecule has 0 radical (unpaired) electrons. The van der Waals surface area contributed by atoms with Gasteiger partial charge in [0.25, 0.3) is 0 Å². The minimum absolute atomic E-state index is 0.305. The van der Waals surface area contributed by atoms with Gasteiger partial charge in [-0.2, -0.15) is 4.89 Å². The molecule has 0 atom stereocenters.